The predicted octanol–water partition coefficient (Wildman–Crippen LogP) is 5.34. The molecule has 1 aliphatic carbocycles. The normalized spacial score (nSPS) is 18.1. The Labute approximate surface area is 200 Å². The molecular weight excluding hydrogens is 454 g/mol. The van der Waals surface area contributed by atoms with E-state index in [1.807, 2.05) is 18.3 Å². The van der Waals surface area contributed by atoms with Gasteiger partial charge in [-0.15, -0.1) is 20.4 Å². The Morgan fingerprint density at radius 2 is 1.91 bits per heavy atom. The SMILES string of the molecule is C[C@H]1CCCC[C@@H]1n1c(SCc2nnc(-c3ccc([N+](=O)[O-])cc3)o2)nnc1-c1cccnc1. The van der Waals surface area contributed by atoms with Crippen LogP contribution in [0.4, 0.5) is 5.69 Å². The maximum Gasteiger partial charge on any atom is 0.269 e. The largest absolute Gasteiger partial charge is 0.420 e. The van der Waals surface area contributed by atoms with Gasteiger partial charge in [-0.25, -0.2) is 0 Å². The number of hydrogen-bond donors (Lipinski definition) is 0. The standard InChI is InChI=1S/C23H23N7O3S/c1-15-5-2-3-7-19(15)29-21(17-6-4-12-24-13-17)26-28-23(29)34-14-20-25-27-22(33-20)16-8-10-18(11-9-16)30(31)32/h4,6,8-13,15,19H,2-3,5,7,14H2,1H3/t15-,19-/m0/s1. The van der Waals surface area contributed by atoms with Gasteiger partial charge in [-0.05, 0) is 43.0 Å². The summed E-state index contributed by atoms with van der Waals surface area (Å²) in [4.78, 5) is 14.7. The van der Waals surface area contributed by atoms with Crippen LogP contribution < -0.4 is 0 Å². The number of aromatic nitrogens is 6. The first-order valence-electron chi connectivity index (χ1n) is 11.2. The molecule has 1 aromatic carbocycles. The van der Waals surface area contributed by atoms with Crippen molar-refractivity contribution in [3.63, 3.8) is 0 Å². The van der Waals surface area contributed by atoms with Crippen molar-refractivity contribution in [3.05, 3.63) is 64.8 Å². The van der Waals surface area contributed by atoms with E-state index in [1.165, 1.54) is 43.2 Å². The molecule has 1 saturated carbocycles. The number of thioether (sulfide) groups is 1. The summed E-state index contributed by atoms with van der Waals surface area (Å²) in [7, 11) is 0. The monoisotopic (exact) mass is 477 g/mol. The maximum absolute atomic E-state index is 10.9. The van der Waals surface area contributed by atoms with Crippen molar-refractivity contribution in [1.82, 2.24) is 29.9 Å². The van der Waals surface area contributed by atoms with Gasteiger partial charge in [0.1, 0.15) is 0 Å². The second-order valence-electron chi connectivity index (χ2n) is 8.34. The first-order chi connectivity index (χ1) is 16.6. The van der Waals surface area contributed by atoms with Crippen LogP contribution in [0.15, 0.2) is 58.4 Å². The molecule has 4 aromatic rings. The molecule has 11 heteroatoms. The lowest BCUT2D eigenvalue weighted by Crippen LogP contribution is -2.22. The number of non-ortho nitro benzene ring substituents is 1. The highest BCUT2D eigenvalue weighted by Gasteiger charge is 2.29. The molecule has 174 valence electrons. The highest BCUT2D eigenvalue weighted by Crippen LogP contribution is 2.39. The number of hydrogen-bond acceptors (Lipinski definition) is 9. The van der Waals surface area contributed by atoms with Crippen LogP contribution in [0.5, 0.6) is 0 Å². The fourth-order valence-corrected chi connectivity index (χ4v) is 5.16. The van der Waals surface area contributed by atoms with Crippen LogP contribution in [-0.2, 0) is 5.75 Å². The summed E-state index contributed by atoms with van der Waals surface area (Å²) in [5.74, 6) is 2.56. The topological polar surface area (TPSA) is 126 Å². The zero-order valence-electron chi connectivity index (χ0n) is 18.6. The molecule has 2 atom stereocenters. The third-order valence-corrected chi connectivity index (χ3v) is 7.03. The van der Waals surface area contributed by atoms with E-state index >= 15 is 0 Å². The third-order valence-electron chi connectivity index (χ3n) is 6.10. The molecule has 0 radical (unpaired) electrons. The number of rotatable bonds is 7. The highest BCUT2D eigenvalue weighted by atomic mass is 32.2. The quantitative estimate of drug-likeness (QED) is 0.197. The predicted molar refractivity (Wildman–Crippen MR) is 126 cm³/mol. The Bertz CT molecular complexity index is 1270. The van der Waals surface area contributed by atoms with Crippen molar-refractivity contribution in [2.24, 2.45) is 5.92 Å². The zero-order chi connectivity index (χ0) is 23.5. The Hall–Kier alpha value is -3.60. The fraction of sp³-hybridized carbons (Fsp3) is 0.348. The minimum atomic E-state index is -0.442. The van der Waals surface area contributed by atoms with Crippen LogP contribution in [0.2, 0.25) is 0 Å². The average molecular weight is 478 g/mol. The van der Waals surface area contributed by atoms with Crippen LogP contribution in [0.3, 0.4) is 0 Å². The zero-order valence-corrected chi connectivity index (χ0v) is 19.4. The van der Waals surface area contributed by atoms with E-state index in [1.54, 1.807) is 18.3 Å². The van der Waals surface area contributed by atoms with Crippen molar-refractivity contribution in [3.8, 4) is 22.8 Å². The number of nitro benzene ring substituents is 1. The second-order valence-corrected chi connectivity index (χ2v) is 9.28. The molecule has 0 bridgehead atoms. The summed E-state index contributed by atoms with van der Waals surface area (Å²) >= 11 is 1.51. The van der Waals surface area contributed by atoms with Crippen molar-refractivity contribution in [1.29, 1.82) is 0 Å². The summed E-state index contributed by atoms with van der Waals surface area (Å²) in [5, 5.41) is 28.9. The van der Waals surface area contributed by atoms with E-state index in [0.29, 0.717) is 35.1 Å². The van der Waals surface area contributed by atoms with Gasteiger partial charge in [0.15, 0.2) is 11.0 Å². The smallest absolute Gasteiger partial charge is 0.269 e. The van der Waals surface area contributed by atoms with Crippen LogP contribution in [-0.4, -0.2) is 34.9 Å². The highest BCUT2D eigenvalue weighted by molar-refractivity contribution is 7.98. The van der Waals surface area contributed by atoms with Crippen LogP contribution >= 0.6 is 11.8 Å². The number of nitrogens with zero attached hydrogens (tertiary/aromatic N) is 7. The average Bonchev–Trinajstić information content (AvgIpc) is 3.51. The van der Waals surface area contributed by atoms with Gasteiger partial charge in [-0.1, -0.05) is 31.5 Å². The Kier molecular flexibility index (Phi) is 6.35. The maximum atomic E-state index is 10.9. The summed E-state index contributed by atoms with van der Waals surface area (Å²) in [6.45, 7) is 2.29. The van der Waals surface area contributed by atoms with Gasteiger partial charge in [-0.3, -0.25) is 19.7 Å². The van der Waals surface area contributed by atoms with E-state index < -0.39 is 4.92 Å². The van der Waals surface area contributed by atoms with Crippen molar-refractivity contribution < 1.29 is 9.34 Å². The molecule has 3 aromatic heterocycles. The van der Waals surface area contributed by atoms with Crippen LogP contribution in [0, 0.1) is 16.0 Å². The number of pyridine rings is 1. The molecule has 0 spiro atoms. The van der Waals surface area contributed by atoms with Gasteiger partial charge in [0.05, 0.1) is 10.7 Å². The molecule has 10 nitrogen and oxygen atoms in total. The van der Waals surface area contributed by atoms with Crippen molar-refractivity contribution >= 4 is 17.4 Å². The minimum Gasteiger partial charge on any atom is -0.420 e. The van der Waals surface area contributed by atoms with E-state index in [0.717, 1.165) is 23.0 Å². The molecule has 34 heavy (non-hydrogen) atoms. The van der Waals surface area contributed by atoms with Gasteiger partial charge in [0, 0.05) is 41.7 Å². The lowest BCUT2D eigenvalue weighted by atomic mass is 9.85. The Morgan fingerprint density at radius 1 is 1.09 bits per heavy atom. The first kappa shape index (κ1) is 22.2. The third kappa shape index (κ3) is 4.56. The first-order valence-corrected chi connectivity index (χ1v) is 12.1. The van der Waals surface area contributed by atoms with E-state index in [2.05, 4.69) is 36.9 Å². The van der Waals surface area contributed by atoms with E-state index in [4.69, 9.17) is 4.42 Å². The summed E-state index contributed by atoms with van der Waals surface area (Å²) in [6, 6.07) is 10.3. The van der Waals surface area contributed by atoms with E-state index in [-0.39, 0.29) is 5.69 Å². The lowest BCUT2D eigenvalue weighted by molar-refractivity contribution is -0.384. The Morgan fingerprint density at radius 3 is 2.65 bits per heavy atom. The minimum absolute atomic E-state index is 0.0137. The Balaban J connectivity index is 1.38. The fourth-order valence-electron chi connectivity index (χ4n) is 4.33. The molecule has 0 N–H and O–H groups in total. The number of nitro groups is 1. The van der Waals surface area contributed by atoms with Crippen molar-refractivity contribution in [2.45, 2.75) is 49.6 Å². The summed E-state index contributed by atoms with van der Waals surface area (Å²) in [6.07, 6.45) is 8.27. The van der Waals surface area contributed by atoms with Crippen LogP contribution in [0.25, 0.3) is 22.8 Å². The number of benzene rings is 1. The molecule has 1 fully saturated rings. The summed E-state index contributed by atoms with van der Waals surface area (Å²) in [5.41, 5.74) is 1.59. The van der Waals surface area contributed by atoms with Gasteiger partial charge in [-0.2, -0.15) is 0 Å². The van der Waals surface area contributed by atoms with Gasteiger partial charge in [0.25, 0.3) is 5.69 Å². The molecule has 0 saturated heterocycles. The van der Waals surface area contributed by atoms with Crippen molar-refractivity contribution in [2.75, 3.05) is 0 Å². The van der Waals surface area contributed by atoms with E-state index in [9.17, 15) is 10.1 Å². The second kappa shape index (κ2) is 9.72. The van der Waals surface area contributed by atoms with Gasteiger partial charge < -0.3 is 4.42 Å². The van der Waals surface area contributed by atoms with Gasteiger partial charge >= 0.3 is 0 Å². The summed E-state index contributed by atoms with van der Waals surface area (Å²) < 4.78 is 8.06. The molecule has 5 rings (SSSR count). The lowest BCUT2D eigenvalue weighted by Gasteiger charge is -2.31. The molecular formula is C23H23N7O3S. The molecule has 0 aliphatic heterocycles. The van der Waals surface area contributed by atoms with Gasteiger partial charge in [0.2, 0.25) is 11.8 Å². The molecule has 0 amide bonds. The molecule has 0 unspecified atom stereocenters. The molecule has 1 aliphatic rings. The molecule has 3 heterocycles. The van der Waals surface area contributed by atoms with Crippen LogP contribution in [0.1, 0.15) is 44.5 Å².